The third kappa shape index (κ3) is 4.18. The monoisotopic (exact) mass is 496 g/mol. The summed E-state index contributed by atoms with van der Waals surface area (Å²) in [4.78, 5) is 4.45. The zero-order valence-corrected chi connectivity index (χ0v) is 20.4. The summed E-state index contributed by atoms with van der Waals surface area (Å²) < 4.78 is 28.4. The zero-order chi connectivity index (χ0) is 25.4. The summed E-state index contributed by atoms with van der Waals surface area (Å²) in [6, 6.07) is 22.1. The van der Waals surface area contributed by atoms with Crippen LogP contribution in [0.3, 0.4) is 0 Å². The van der Waals surface area contributed by atoms with Gasteiger partial charge in [0.25, 0.3) is 0 Å². The van der Waals surface area contributed by atoms with Crippen molar-refractivity contribution in [2.75, 3.05) is 19.5 Å². The van der Waals surface area contributed by atoms with Crippen molar-refractivity contribution in [1.82, 2.24) is 24.5 Å². The number of anilines is 1. The Kier molecular flexibility index (Phi) is 5.80. The van der Waals surface area contributed by atoms with E-state index in [0.717, 1.165) is 28.1 Å². The van der Waals surface area contributed by atoms with Crippen molar-refractivity contribution in [3.8, 4) is 28.4 Å². The van der Waals surface area contributed by atoms with E-state index < -0.39 is 0 Å². The summed E-state index contributed by atoms with van der Waals surface area (Å²) in [6.07, 6.45) is 4.26. The number of nitrogens with zero attached hydrogens (tertiary/aromatic N) is 5. The largest absolute Gasteiger partial charge is 0.493 e. The number of methoxy groups -OCH3 is 2. The Balaban J connectivity index is 1.50. The minimum Gasteiger partial charge on any atom is -0.493 e. The Labute approximate surface area is 213 Å². The Hall–Kier alpha value is -4.66. The molecule has 2 aromatic heterocycles. The van der Waals surface area contributed by atoms with Crippen LogP contribution < -0.4 is 14.8 Å². The first-order valence-corrected chi connectivity index (χ1v) is 11.9. The number of aromatic nitrogens is 5. The molecule has 186 valence electrons. The van der Waals surface area contributed by atoms with Gasteiger partial charge in [-0.05, 0) is 54.4 Å². The number of hydrogen-bond acceptors (Lipinski definition) is 6. The van der Waals surface area contributed by atoms with Gasteiger partial charge in [-0.3, -0.25) is 0 Å². The molecule has 3 aromatic carbocycles. The van der Waals surface area contributed by atoms with E-state index in [2.05, 4.69) is 15.4 Å². The van der Waals surface area contributed by atoms with Crippen LogP contribution in [-0.4, -0.2) is 38.8 Å². The third-order valence-corrected chi connectivity index (χ3v) is 6.68. The molecular formula is C28H25FN6O2. The van der Waals surface area contributed by atoms with Crippen molar-refractivity contribution >= 4 is 5.95 Å². The number of hydrogen-bond donors (Lipinski definition) is 1. The maximum Gasteiger partial charge on any atom is 0.222 e. The van der Waals surface area contributed by atoms with Gasteiger partial charge in [0, 0.05) is 17.3 Å². The summed E-state index contributed by atoms with van der Waals surface area (Å²) in [5, 5.41) is 13.0. The molecule has 0 spiro atoms. The third-order valence-electron chi connectivity index (χ3n) is 6.68. The molecule has 0 fully saturated rings. The van der Waals surface area contributed by atoms with Crippen molar-refractivity contribution in [2.24, 2.45) is 0 Å². The summed E-state index contributed by atoms with van der Waals surface area (Å²) in [6.45, 7) is 0. The normalized spacial score (nSPS) is 16.6. The topological polar surface area (TPSA) is 79.0 Å². The highest BCUT2D eigenvalue weighted by molar-refractivity contribution is 5.68. The second kappa shape index (κ2) is 9.42. The lowest BCUT2D eigenvalue weighted by Crippen LogP contribution is -2.28. The summed E-state index contributed by atoms with van der Waals surface area (Å²) in [5.74, 6) is 1.65. The Morgan fingerprint density at radius 3 is 2.49 bits per heavy atom. The van der Waals surface area contributed by atoms with Crippen molar-refractivity contribution in [1.29, 1.82) is 0 Å². The molecule has 1 N–H and O–H groups in total. The van der Waals surface area contributed by atoms with Crippen LogP contribution in [0.1, 0.15) is 29.6 Å². The maximum absolute atomic E-state index is 13.6. The van der Waals surface area contributed by atoms with Gasteiger partial charge >= 0.3 is 0 Å². The molecule has 0 amide bonds. The lowest BCUT2D eigenvalue weighted by atomic mass is 9.92. The van der Waals surface area contributed by atoms with Crippen molar-refractivity contribution in [3.63, 3.8) is 0 Å². The molecule has 9 heteroatoms. The quantitative estimate of drug-likeness (QED) is 0.338. The highest BCUT2D eigenvalue weighted by Gasteiger charge is 2.33. The van der Waals surface area contributed by atoms with Gasteiger partial charge in [0.1, 0.15) is 12.1 Å². The van der Waals surface area contributed by atoms with Crippen LogP contribution in [0.2, 0.25) is 0 Å². The molecule has 0 saturated heterocycles. The molecule has 1 aliphatic heterocycles. The van der Waals surface area contributed by atoms with E-state index >= 15 is 0 Å². The predicted octanol–water partition coefficient (Wildman–Crippen LogP) is 5.43. The number of fused-ring (bicyclic) bond motifs is 1. The van der Waals surface area contributed by atoms with Gasteiger partial charge in [0.2, 0.25) is 5.95 Å². The molecule has 2 atom stereocenters. The Morgan fingerprint density at radius 2 is 1.73 bits per heavy atom. The SMILES string of the molecule is COc1ccc(-c2nn(-c3ccccc3)cc2[C@H]2C[C@H](c3ccc(F)cc3)Nc3ncnn32)cc1OC. The predicted molar refractivity (Wildman–Crippen MR) is 138 cm³/mol. The lowest BCUT2D eigenvalue weighted by Gasteiger charge is -2.31. The molecule has 5 aromatic rings. The molecule has 8 nitrogen and oxygen atoms in total. The second-order valence-corrected chi connectivity index (χ2v) is 8.81. The standard InChI is InChI=1S/C28H25FN6O2/c1-36-25-13-10-19(14-26(25)37-2)27-22(16-34(33-27)21-6-4-3-5-7-21)24-15-23(18-8-11-20(29)12-9-18)32-28-30-17-31-35(24)28/h3-14,16-17,23-24H,15H2,1-2H3,(H,30,31,32)/t23-,24-/m1/s1. The van der Waals surface area contributed by atoms with Crippen LogP contribution in [0.4, 0.5) is 10.3 Å². The highest BCUT2D eigenvalue weighted by atomic mass is 19.1. The summed E-state index contributed by atoms with van der Waals surface area (Å²) in [5.41, 5.74) is 4.59. The van der Waals surface area contributed by atoms with E-state index in [1.54, 1.807) is 32.7 Å². The Bertz CT molecular complexity index is 1530. The molecule has 6 rings (SSSR count). The van der Waals surface area contributed by atoms with E-state index in [0.29, 0.717) is 23.9 Å². The van der Waals surface area contributed by atoms with E-state index in [4.69, 9.17) is 14.6 Å². The van der Waals surface area contributed by atoms with Crippen LogP contribution in [0.15, 0.2) is 85.3 Å². The highest BCUT2D eigenvalue weighted by Crippen LogP contribution is 2.42. The minimum absolute atomic E-state index is 0.0828. The number of rotatable bonds is 6. The molecular weight excluding hydrogens is 471 g/mol. The molecule has 0 saturated carbocycles. The van der Waals surface area contributed by atoms with Gasteiger partial charge in [0.15, 0.2) is 11.5 Å². The first-order valence-electron chi connectivity index (χ1n) is 11.9. The molecule has 3 heterocycles. The molecule has 0 aliphatic carbocycles. The zero-order valence-electron chi connectivity index (χ0n) is 20.4. The van der Waals surface area contributed by atoms with Crippen LogP contribution in [-0.2, 0) is 0 Å². The van der Waals surface area contributed by atoms with E-state index in [1.807, 2.05) is 64.1 Å². The van der Waals surface area contributed by atoms with Gasteiger partial charge < -0.3 is 14.8 Å². The molecule has 0 bridgehead atoms. The number of halogens is 1. The molecule has 37 heavy (non-hydrogen) atoms. The lowest BCUT2D eigenvalue weighted by molar-refractivity contribution is 0.355. The van der Waals surface area contributed by atoms with Crippen LogP contribution in [0.5, 0.6) is 11.5 Å². The van der Waals surface area contributed by atoms with Gasteiger partial charge in [-0.2, -0.15) is 15.2 Å². The fourth-order valence-corrected chi connectivity index (χ4v) is 4.84. The van der Waals surface area contributed by atoms with Crippen molar-refractivity contribution in [3.05, 3.63) is 102 Å². The van der Waals surface area contributed by atoms with E-state index in [9.17, 15) is 4.39 Å². The fourth-order valence-electron chi connectivity index (χ4n) is 4.84. The van der Waals surface area contributed by atoms with Gasteiger partial charge in [0.05, 0.1) is 37.7 Å². The number of para-hydroxylation sites is 1. The van der Waals surface area contributed by atoms with Gasteiger partial charge in [-0.1, -0.05) is 30.3 Å². The van der Waals surface area contributed by atoms with Crippen LogP contribution >= 0.6 is 0 Å². The maximum atomic E-state index is 13.6. The molecule has 0 unspecified atom stereocenters. The van der Waals surface area contributed by atoms with Crippen LogP contribution in [0, 0.1) is 5.82 Å². The number of ether oxygens (including phenoxy) is 2. The van der Waals surface area contributed by atoms with Crippen LogP contribution in [0.25, 0.3) is 16.9 Å². The van der Waals surface area contributed by atoms with Crippen molar-refractivity contribution < 1.29 is 13.9 Å². The molecule has 0 radical (unpaired) electrons. The first kappa shape index (κ1) is 22.8. The van der Waals surface area contributed by atoms with E-state index in [1.165, 1.54) is 12.1 Å². The van der Waals surface area contributed by atoms with Crippen molar-refractivity contribution in [2.45, 2.75) is 18.5 Å². The number of benzene rings is 3. The Morgan fingerprint density at radius 1 is 0.946 bits per heavy atom. The number of nitrogens with one attached hydrogen (secondary N) is 1. The first-order chi connectivity index (χ1) is 18.1. The average Bonchev–Trinajstić information content (AvgIpc) is 3.61. The fraction of sp³-hybridized carbons (Fsp3) is 0.179. The second-order valence-electron chi connectivity index (χ2n) is 8.81. The smallest absolute Gasteiger partial charge is 0.222 e. The minimum atomic E-state index is -0.265. The van der Waals surface area contributed by atoms with E-state index in [-0.39, 0.29) is 17.9 Å². The summed E-state index contributed by atoms with van der Waals surface area (Å²) >= 11 is 0. The average molecular weight is 497 g/mol. The molecule has 1 aliphatic rings. The van der Waals surface area contributed by atoms with Gasteiger partial charge in [-0.15, -0.1) is 0 Å². The van der Waals surface area contributed by atoms with Gasteiger partial charge in [-0.25, -0.2) is 13.8 Å². The summed E-state index contributed by atoms with van der Waals surface area (Å²) in [7, 11) is 3.23.